The van der Waals surface area contributed by atoms with Crippen LogP contribution in [0, 0.1) is 11.3 Å². The van der Waals surface area contributed by atoms with Crippen LogP contribution in [0.25, 0.3) is 0 Å². The van der Waals surface area contributed by atoms with Crippen LogP contribution in [0.15, 0.2) is 18.3 Å². The number of aromatic nitrogens is 1. The molecule has 0 radical (unpaired) electrons. The first-order chi connectivity index (χ1) is 8.57. The van der Waals surface area contributed by atoms with E-state index in [-0.39, 0.29) is 0 Å². The molecule has 1 heterocycles. The minimum absolute atomic E-state index is 0.371. The van der Waals surface area contributed by atoms with E-state index in [4.69, 9.17) is 5.73 Å². The maximum absolute atomic E-state index is 6.41. The van der Waals surface area contributed by atoms with Crippen LogP contribution in [-0.4, -0.2) is 11.0 Å². The fourth-order valence-corrected chi connectivity index (χ4v) is 3.96. The van der Waals surface area contributed by atoms with Crippen molar-refractivity contribution in [1.29, 1.82) is 0 Å². The normalized spacial score (nSPS) is 34.3. The third-order valence-corrected chi connectivity index (χ3v) is 5.01. The number of hydrogen-bond acceptors (Lipinski definition) is 2. The first kappa shape index (κ1) is 12.2. The zero-order valence-corrected chi connectivity index (χ0v) is 11.5. The molecule has 0 saturated heterocycles. The van der Waals surface area contributed by atoms with Gasteiger partial charge in [-0.25, -0.2) is 0 Å². The molecule has 18 heavy (non-hydrogen) atoms. The minimum Gasteiger partial charge on any atom is -0.327 e. The van der Waals surface area contributed by atoms with Crippen LogP contribution in [0.4, 0.5) is 0 Å². The number of rotatable bonds is 1. The van der Waals surface area contributed by atoms with E-state index in [0.29, 0.717) is 23.3 Å². The van der Waals surface area contributed by atoms with Crippen molar-refractivity contribution in [1.82, 2.24) is 4.98 Å². The Morgan fingerprint density at radius 1 is 1.33 bits per heavy atom. The molecule has 2 aliphatic rings. The predicted octanol–water partition coefficient (Wildman–Crippen LogP) is 3.27. The van der Waals surface area contributed by atoms with E-state index in [1.165, 1.54) is 43.4 Å². The summed E-state index contributed by atoms with van der Waals surface area (Å²) in [6, 6.07) is 4.67. The van der Waals surface area contributed by atoms with Crippen LogP contribution in [0.1, 0.15) is 56.7 Å². The predicted molar refractivity (Wildman–Crippen MR) is 74.4 cm³/mol. The fourth-order valence-electron chi connectivity index (χ4n) is 3.96. The molecule has 0 bridgehead atoms. The van der Waals surface area contributed by atoms with Gasteiger partial charge < -0.3 is 5.73 Å². The summed E-state index contributed by atoms with van der Waals surface area (Å²) in [5, 5.41) is 0. The Morgan fingerprint density at radius 2 is 2.17 bits per heavy atom. The molecule has 3 atom stereocenters. The van der Waals surface area contributed by atoms with Gasteiger partial charge in [0.2, 0.25) is 0 Å². The van der Waals surface area contributed by atoms with Crippen molar-refractivity contribution in [3.8, 4) is 0 Å². The van der Waals surface area contributed by atoms with Crippen molar-refractivity contribution in [2.45, 2.75) is 57.9 Å². The number of pyridine rings is 1. The van der Waals surface area contributed by atoms with Gasteiger partial charge in [-0.3, -0.25) is 4.98 Å². The lowest BCUT2D eigenvalue weighted by molar-refractivity contribution is 0.135. The van der Waals surface area contributed by atoms with Crippen LogP contribution >= 0.6 is 0 Å². The largest absolute Gasteiger partial charge is 0.327 e. The maximum atomic E-state index is 6.41. The van der Waals surface area contributed by atoms with Gasteiger partial charge in [-0.1, -0.05) is 19.9 Å². The van der Waals surface area contributed by atoms with Crippen LogP contribution in [-0.2, 0) is 6.42 Å². The molecule has 2 N–H and O–H groups in total. The Balaban J connectivity index is 1.87. The van der Waals surface area contributed by atoms with E-state index in [9.17, 15) is 0 Å². The third-order valence-electron chi connectivity index (χ3n) is 5.01. The van der Waals surface area contributed by atoms with E-state index in [1.807, 2.05) is 6.20 Å². The molecular weight excluding hydrogens is 220 g/mol. The molecule has 0 amide bonds. The molecule has 2 nitrogen and oxygen atoms in total. The Bertz CT molecular complexity index is 438. The second kappa shape index (κ2) is 4.34. The van der Waals surface area contributed by atoms with E-state index in [0.717, 1.165) is 0 Å². The molecular formula is C16H24N2. The molecule has 98 valence electrons. The quantitative estimate of drug-likeness (QED) is 0.823. The molecule has 1 aromatic heterocycles. The molecule has 2 aliphatic carbocycles. The Labute approximate surface area is 110 Å². The second-order valence-electron chi connectivity index (χ2n) is 6.93. The number of aryl methyl sites for hydroxylation is 1. The van der Waals surface area contributed by atoms with Crippen LogP contribution in [0.5, 0.6) is 0 Å². The van der Waals surface area contributed by atoms with Crippen molar-refractivity contribution in [3.05, 3.63) is 29.6 Å². The third kappa shape index (κ3) is 2.07. The SMILES string of the molecule is CC1(C)CCC(N)C(C2CCc3cccnc32)C1. The number of nitrogens with two attached hydrogens (primary N) is 1. The summed E-state index contributed by atoms with van der Waals surface area (Å²) >= 11 is 0. The van der Waals surface area contributed by atoms with Gasteiger partial charge in [0.25, 0.3) is 0 Å². The van der Waals surface area contributed by atoms with Gasteiger partial charge in [0.05, 0.1) is 0 Å². The number of hydrogen-bond donors (Lipinski definition) is 1. The Hall–Kier alpha value is -0.890. The summed E-state index contributed by atoms with van der Waals surface area (Å²) in [5.74, 6) is 1.24. The fraction of sp³-hybridized carbons (Fsp3) is 0.688. The standard InChI is InChI=1S/C16H24N2/c1-16(2)8-7-14(17)13(10-16)12-6-5-11-4-3-9-18-15(11)12/h3-4,9,12-14H,5-8,10,17H2,1-2H3. The lowest BCUT2D eigenvalue weighted by Crippen LogP contribution is -2.41. The molecule has 3 rings (SSSR count). The molecule has 3 unspecified atom stereocenters. The first-order valence-electron chi connectivity index (χ1n) is 7.26. The highest BCUT2D eigenvalue weighted by molar-refractivity contribution is 5.29. The number of nitrogens with zero attached hydrogens (tertiary/aromatic N) is 1. The van der Waals surface area contributed by atoms with Gasteiger partial charge in [-0.05, 0) is 55.1 Å². The van der Waals surface area contributed by atoms with Crippen molar-refractivity contribution < 1.29 is 0 Å². The summed E-state index contributed by atoms with van der Waals surface area (Å²) in [6.07, 6.45) is 8.09. The van der Waals surface area contributed by atoms with E-state index in [2.05, 4.69) is 31.0 Å². The highest BCUT2D eigenvalue weighted by Crippen LogP contribution is 2.47. The lowest BCUT2D eigenvalue weighted by atomic mass is 9.65. The highest BCUT2D eigenvalue weighted by atomic mass is 14.7. The molecule has 0 aliphatic heterocycles. The van der Waals surface area contributed by atoms with Gasteiger partial charge in [-0.2, -0.15) is 0 Å². The summed E-state index contributed by atoms with van der Waals surface area (Å²) < 4.78 is 0. The van der Waals surface area contributed by atoms with Crippen molar-refractivity contribution in [3.63, 3.8) is 0 Å². The van der Waals surface area contributed by atoms with Gasteiger partial charge in [-0.15, -0.1) is 0 Å². The maximum Gasteiger partial charge on any atom is 0.0469 e. The zero-order chi connectivity index (χ0) is 12.8. The molecule has 1 fully saturated rings. The van der Waals surface area contributed by atoms with Crippen molar-refractivity contribution >= 4 is 0 Å². The molecule has 2 heteroatoms. The van der Waals surface area contributed by atoms with Gasteiger partial charge in [0.15, 0.2) is 0 Å². The van der Waals surface area contributed by atoms with Crippen molar-refractivity contribution in [2.75, 3.05) is 0 Å². The topological polar surface area (TPSA) is 38.9 Å². The first-order valence-corrected chi connectivity index (χ1v) is 7.26. The monoisotopic (exact) mass is 244 g/mol. The van der Waals surface area contributed by atoms with E-state index >= 15 is 0 Å². The molecule has 1 aromatic rings. The summed E-state index contributed by atoms with van der Waals surface area (Å²) in [6.45, 7) is 4.78. The van der Waals surface area contributed by atoms with Crippen LogP contribution in [0.2, 0.25) is 0 Å². The second-order valence-corrected chi connectivity index (χ2v) is 6.93. The molecule has 0 aromatic carbocycles. The zero-order valence-electron chi connectivity index (χ0n) is 11.5. The van der Waals surface area contributed by atoms with Crippen LogP contribution in [0.3, 0.4) is 0 Å². The average Bonchev–Trinajstić information content (AvgIpc) is 2.76. The van der Waals surface area contributed by atoms with Gasteiger partial charge >= 0.3 is 0 Å². The van der Waals surface area contributed by atoms with E-state index in [1.54, 1.807) is 0 Å². The Kier molecular flexibility index (Phi) is 2.93. The highest BCUT2D eigenvalue weighted by Gasteiger charge is 2.40. The van der Waals surface area contributed by atoms with E-state index < -0.39 is 0 Å². The van der Waals surface area contributed by atoms with Gasteiger partial charge in [0, 0.05) is 23.9 Å². The summed E-state index contributed by atoms with van der Waals surface area (Å²) in [7, 11) is 0. The average molecular weight is 244 g/mol. The molecule has 1 saturated carbocycles. The summed E-state index contributed by atoms with van der Waals surface area (Å²) in [5.41, 5.74) is 9.67. The summed E-state index contributed by atoms with van der Waals surface area (Å²) in [4.78, 5) is 4.64. The Morgan fingerprint density at radius 3 is 3.00 bits per heavy atom. The lowest BCUT2D eigenvalue weighted by Gasteiger charge is -2.42. The smallest absolute Gasteiger partial charge is 0.0469 e. The van der Waals surface area contributed by atoms with Crippen LogP contribution < -0.4 is 5.73 Å². The molecule has 0 spiro atoms. The minimum atomic E-state index is 0.371. The number of fused-ring (bicyclic) bond motifs is 1. The van der Waals surface area contributed by atoms with Crippen molar-refractivity contribution in [2.24, 2.45) is 17.1 Å². The van der Waals surface area contributed by atoms with Gasteiger partial charge in [0.1, 0.15) is 0 Å².